The number of benzene rings is 2. The van der Waals surface area contributed by atoms with Crippen LogP contribution in [0.5, 0.6) is 0 Å². The van der Waals surface area contributed by atoms with E-state index in [0.717, 1.165) is 10.9 Å². The Balaban J connectivity index is 2.19. The van der Waals surface area contributed by atoms with Crippen LogP contribution in [0.3, 0.4) is 0 Å². The highest BCUT2D eigenvalue weighted by atomic mass is 79.9. The number of aliphatic hydroxyl groups excluding tert-OH is 1. The van der Waals surface area contributed by atoms with Gasteiger partial charge in [0.1, 0.15) is 0 Å². The predicted molar refractivity (Wildman–Crippen MR) is 97.1 cm³/mol. The molecule has 1 nitrogen and oxygen atoms in total. The minimum Gasteiger partial charge on any atom is -0.392 e. The van der Waals surface area contributed by atoms with Crippen LogP contribution in [0.25, 0.3) is 0 Å². The van der Waals surface area contributed by atoms with Crippen molar-refractivity contribution in [3.8, 4) is 0 Å². The molecule has 0 unspecified atom stereocenters. The number of hydrogen-bond acceptors (Lipinski definition) is 1. The average Bonchev–Trinajstić information content (AvgIpc) is 2.50. The summed E-state index contributed by atoms with van der Waals surface area (Å²) in [5.74, 6) is 0.114. The van der Waals surface area contributed by atoms with E-state index in [4.69, 9.17) is 0 Å². The molecular weight excluding hydrogens is 336 g/mol. The van der Waals surface area contributed by atoms with Gasteiger partial charge in [-0.2, -0.15) is 0 Å². The number of aliphatic hydroxyl groups is 1. The van der Waals surface area contributed by atoms with Crippen molar-refractivity contribution in [2.45, 2.75) is 38.7 Å². The Hall–Kier alpha value is -1.38. The van der Waals surface area contributed by atoms with Crippen LogP contribution in [-0.2, 0) is 6.42 Å². The summed E-state index contributed by atoms with van der Waals surface area (Å²) in [6.07, 6.45) is 3.36. The molecule has 2 rings (SSSR count). The lowest BCUT2D eigenvalue weighted by atomic mass is 9.86. The number of halogens is 1. The van der Waals surface area contributed by atoms with Gasteiger partial charge in [0.15, 0.2) is 0 Å². The van der Waals surface area contributed by atoms with Gasteiger partial charge in [-0.25, -0.2) is 0 Å². The summed E-state index contributed by atoms with van der Waals surface area (Å²) < 4.78 is 1.06. The van der Waals surface area contributed by atoms with Crippen molar-refractivity contribution >= 4 is 15.9 Å². The maximum atomic E-state index is 10.8. The Bertz CT molecular complexity index is 597. The van der Waals surface area contributed by atoms with Crippen molar-refractivity contribution in [2.24, 2.45) is 0 Å². The molecule has 0 saturated heterocycles. The zero-order valence-electron chi connectivity index (χ0n) is 13.2. The first-order valence-electron chi connectivity index (χ1n) is 7.67. The quantitative estimate of drug-likeness (QED) is 0.676. The first kappa shape index (κ1) is 17.0. The van der Waals surface area contributed by atoms with Gasteiger partial charge in [-0.1, -0.05) is 70.0 Å². The Morgan fingerprint density at radius 2 is 1.68 bits per heavy atom. The molecule has 0 aliphatic rings. The third-order valence-corrected chi connectivity index (χ3v) is 4.36. The van der Waals surface area contributed by atoms with Crippen LogP contribution in [0.4, 0.5) is 0 Å². The molecule has 0 aromatic heterocycles. The van der Waals surface area contributed by atoms with E-state index in [1.54, 1.807) is 0 Å². The fraction of sp³-hybridized carbons (Fsp3) is 0.300. The molecule has 2 aromatic carbocycles. The molecule has 0 radical (unpaired) electrons. The maximum absolute atomic E-state index is 10.8. The Morgan fingerprint density at radius 1 is 1.05 bits per heavy atom. The minimum absolute atomic E-state index is 0.114. The van der Waals surface area contributed by atoms with Gasteiger partial charge in [0.2, 0.25) is 0 Å². The van der Waals surface area contributed by atoms with Crippen molar-refractivity contribution < 1.29 is 5.11 Å². The van der Waals surface area contributed by atoms with Crippen molar-refractivity contribution in [1.29, 1.82) is 0 Å². The molecule has 1 N–H and O–H groups in total. The molecule has 0 bridgehead atoms. The fourth-order valence-corrected chi connectivity index (χ4v) is 2.85. The van der Waals surface area contributed by atoms with Crippen LogP contribution in [0, 0.1) is 0 Å². The summed E-state index contributed by atoms with van der Waals surface area (Å²) in [6, 6.07) is 18.5. The standard InChI is InChI=1S/C20H23BrO/c1-15(2)8-13-19(17-9-11-18(21)12-10-17)20(22)14-16-6-4-3-5-7-16/h3-12,19-20,22H,13-14H2,1-2H3/t19-,20+/m1/s1. The molecule has 0 spiro atoms. The minimum atomic E-state index is -0.390. The van der Waals surface area contributed by atoms with Crippen molar-refractivity contribution in [1.82, 2.24) is 0 Å². The van der Waals surface area contributed by atoms with Gasteiger partial charge >= 0.3 is 0 Å². The van der Waals surface area contributed by atoms with Gasteiger partial charge < -0.3 is 5.11 Å². The van der Waals surface area contributed by atoms with Crippen LogP contribution < -0.4 is 0 Å². The van der Waals surface area contributed by atoms with E-state index in [2.05, 4.69) is 60.1 Å². The van der Waals surface area contributed by atoms with Gasteiger partial charge in [-0.05, 0) is 49.9 Å². The number of hydrogen-bond donors (Lipinski definition) is 1. The van der Waals surface area contributed by atoms with Crippen molar-refractivity contribution in [3.63, 3.8) is 0 Å². The van der Waals surface area contributed by atoms with E-state index in [-0.39, 0.29) is 12.0 Å². The summed E-state index contributed by atoms with van der Waals surface area (Å²) in [5.41, 5.74) is 3.65. The van der Waals surface area contributed by atoms with Crippen LogP contribution in [0.1, 0.15) is 37.3 Å². The van der Waals surface area contributed by atoms with Crippen molar-refractivity contribution in [3.05, 3.63) is 81.8 Å². The van der Waals surface area contributed by atoms with E-state index in [1.807, 2.05) is 30.3 Å². The SMILES string of the molecule is CC(C)=CC[C@H](c1ccc(Br)cc1)[C@@H](O)Cc1ccccc1. The van der Waals surface area contributed by atoms with Gasteiger partial charge in [-0.15, -0.1) is 0 Å². The second-order valence-corrected chi connectivity index (χ2v) is 6.85. The molecule has 0 aliphatic heterocycles. The zero-order valence-corrected chi connectivity index (χ0v) is 14.8. The molecule has 0 heterocycles. The number of allylic oxidation sites excluding steroid dienone is 2. The zero-order chi connectivity index (χ0) is 15.9. The number of rotatable bonds is 6. The highest BCUT2D eigenvalue weighted by Gasteiger charge is 2.20. The van der Waals surface area contributed by atoms with Gasteiger partial charge in [-0.3, -0.25) is 0 Å². The smallest absolute Gasteiger partial charge is 0.0651 e. The lowest BCUT2D eigenvalue weighted by Crippen LogP contribution is -2.21. The summed E-state index contributed by atoms with van der Waals surface area (Å²) in [7, 11) is 0. The van der Waals surface area contributed by atoms with Crippen molar-refractivity contribution in [2.75, 3.05) is 0 Å². The topological polar surface area (TPSA) is 20.2 Å². The molecule has 2 aromatic rings. The molecule has 22 heavy (non-hydrogen) atoms. The lowest BCUT2D eigenvalue weighted by Gasteiger charge is -2.23. The highest BCUT2D eigenvalue weighted by Crippen LogP contribution is 2.28. The average molecular weight is 359 g/mol. The molecular formula is C20H23BrO. The Morgan fingerprint density at radius 3 is 2.27 bits per heavy atom. The monoisotopic (exact) mass is 358 g/mol. The van der Waals surface area contributed by atoms with Crippen LogP contribution in [-0.4, -0.2) is 11.2 Å². The lowest BCUT2D eigenvalue weighted by molar-refractivity contribution is 0.143. The Labute approximate surface area is 141 Å². The molecule has 0 aliphatic carbocycles. The van der Waals surface area contributed by atoms with E-state index in [9.17, 15) is 5.11 Å². The molecule has 116 valence electrons. The highest BCUT2D eigenvalue weighted by molar-refractivity contribution is 9.10. The van der Waals surface area contributed by atoms with Gasteiger partial charge in [0, 0.05) is 10.4 Å². The van der Waals surface area contributed by atoms with Gasteiger partial charge in [0.05, 0.1) is 6.10 Å². The van der Waals surface area contributed by atoms with Crippen LogP contribution >= 0.6 is 15.9 Å². The first-order valence-corrected chi connectivity index (χ1v) is 8.46. The third-order valence-electron chi connectivity index (χ3n) is 3.83. The fourth-order valence-electron chi connectivity index (χ4n) is 2.59. The molecule has 2 atom stereocenters. The maximum Gasteiger partial charge on any atom is 0.0651 e. The Kier molecular flexibility index (Phi) is 6.41. The summed E-state index contributed by atoms with van der Waals surface area (Å²) in [6.45, 7) is 4.20. The van der Waals surface area contributed by atoms with E-state index in [1.165, 1.54) is 16.7 Å². The van der Waals surface area contributed by atoms with E-state index >= 15 is 0 Å². The second-order valence-electron chi connectivity index (χ2n) is 5.93. The predicted octanol–water partition coefficient (Wildman–Crippen LogP) is 5.49. The van der Waals surface area contributed by atoms with Crippen LogP contribution in [0.2, 0.25) is 0 Å². The van der Waals surface area contributed by atoms with E-state index in [0.29, 0.717) is 6.42 Å². The first-order chi connectivity index (χ1) is 10.6. The normalized spacial score (nSPS) is 13.5. The molecule has 0 saturated carbocycles. The van der Waals surface area contributed by atoms with Crippen LogP contribution in [0.15, 0.2) is 70.7 Å². The second kappa shape index (κ2) is 8.30. The summed E-state index contributed by atoms with van der Waals surface area (Å²) in [4.78, 5) is 0. The third kappa shape index (κ3) is 5.11. The van der Waals surface area contributed by atoms with E-state index < -0.39 is 0 Å². The van der Waals surface area contributed by atoms with Gasteiger partial charge in [0.25, 0.3) is 0 Å². The molecule has 0 fully saturated rings. The summed E-state index contributed by atoms with van der Waals surface area (Å²) >= 11 is 3.47. The largest absolute Gasteiger partial charge is 0.392 e. The molecule has 0 amide bonds. The molecule has 2 heteroatoms. The summed E-state index contributed by atoms with van der Waals surface area (Å²) in [5, 5.41) is 10.8.